The number of hydrogen-bond donors (Lipinski definition) is 1. The van der Waals surface area contributed by atoms with Gasteiger partial charge in [0.25, 0.3) is 11.7 Å². The standard InChI is InChI=1S/C23H23N3O4/c1-15-5-4-6-17(13-15)26-21(27)10-8-18(25-26)22(28)24-16-7-9-19-20(14-16)30-23(29-19)11-2-3-12-23/h4-7,9,13-14H,2-3,8,10-12H2,1H3,(H,24,28). The fourth-order valence-corrected chi connectivity index (χ4v) is 4.17. The highest BCUT2D eigenvalue weighted by Gasteiger charge is 2.44. The lowest BCUT2D eigenvalue weighted by molar-refractivity contribution is -0.118. The minimum absolute atomic E-state index is 0.123. The van der Waals surface area contributed by atoms with E-state index in [1.54, 1.807) is 12.1 Å². The number of nitrogens with zero attached hydrogens (tertiary/aromatic N) is 2. The van der Waals surface area contributed by atoms with Crippen LogP contribution < -0.4 is 19.8 Å². The summed E-state index contributed by atoms with van der Waals surface area (Å²) in [4.78, 5) is 25.2. The number of nitrogens with one attached hydrogen (secondary N) is 1. The van der Waals surface area contributed by atoms with Crippen LogP contribution in [0.25, 0.3) is 0 Å². The Morgan fingerprint density at radius 1 is 1.07 bits per heavy atom. The summed E-state index contributed by atoms with van der Waals surface area (Å²) in [5.41, 5.74) is 2.61. The van der Waals surface area contributed by atoms with E-state index >= 15 is 0 Å². The lowest BCUT2D eigenvalue weighted by Gasteiger charge is -2.23. The average molecular weight is 405 g/mol. The smallest absolute Gasteiger partial charge is 0.271 e. The number of anilines is 2. The van der Waals surface area contributed by atoms with Gasteiger partial charge in [0.2, 0.25) is 5.91 Å². The molecule has 1 N–H and O–H groups in total. The molecular formula is C23H23N3O4. The Hall–Kier alpha value is -3.35. The summed E-state index contributed by atoms with van der Waals surface area (Å²) in [5.74, 6) is 0.377. The summed E-state index contributed by atoms with van der Waals surface area (Å²) in [7, 11) is 0. The van der Waals surface area contributed by atoms with Crippen molar-refractivity contribution in [2.75, 3.05) is 10.3 Å². The Balaban J connectivity index is 1.33. The predicted octanol–water partition coefficient (Wildman–Crippen LogP) is 4.16. The number of rotatable bonds is 3. The van der Waals surface area contributed by atoms with Crippen LogP contribution in [0.4, 0.5) is 11.4 Å². The number of carbonyl (C=O) groups excluding carboxylic acids is 2. The zero-order valence-corrected chi connectivity index (χ0v) is 16.8. The molecule has 2 heterocycles. The minimum atomic E-state index is -0.535. The van der Waals surface area contributed by atoms with E-state index in [9.17, 15) is 9.59 Å². The summed E-state index contributed by atoms with van der Waals surface area (Å²) in [6.07, 6.45) is 4.48. The molecule has 0 radical (unpaired) electrons. The molecule has 1 spiro atoms. The average Bonchev–Trinajstić information content (AvgIpc) is 3.33. The van der Waals surface area contributed by atoms with Crippen molar-refractivity contribution in [1.29, 1.82) is 0 Å². The van der Waals surface area contributed by atoms with Gasteiger partial charge in [-0.2, -0.15) is 5.10 Å². The Bertz CT molecular complexity index is 1060. The molecular weight excluding hydrogens is 382 g/mol. The van der Waals surface area contributed by atoms with E-state index in [4.69, 9.17) is 9.47 Å². The van der Waals surface area contributed by atoms with Gasteiger partial charge in [0.15, 0.2) is 11.5 Å². The van der Waals surface area contributed by atoms with E-state index in [0.29, 0.717) is 35.0 Å². The molecule has 30 heavy (non-hydrogen) atoms. The third-order valence-electron chi connectivity index (χ3n) is 5.70. The van der Waals surface area contributed by atoms with Crippen LogP contribution in [0.3, 0.4) is 0 Å². The van der Waals surface area contributed by atoms with Gasteiger partial charge in [0.1, 0.15) is 5.71 Å². The maximum Gasteiger partial charge on any atom is 0.271 e. The molecule has 2 aromatic carbocycles. The number of carbonyl (C=O) groups is 2. The number of aryl methyl sites for hydroxylation is 1. The maximum absolute atomic E-state index is 12.8. The number of hydrazone groups is 1. The van der Waals surface area contributed by atoms with Crippen molar-refractivity contribution in [3.05, 3.63) is 48.0 Å². The topological polar surface area (TPSA) is 80.2 Å². The first-order chi connectivity index (χ1) is 14.5. The highest BCUT2D eigenvalue weighted by Crippen LogP contribution is 2.47. The highest BCUT2D eigenvalue weighted by molar-refractivity contribution is 6.44. The van der Waals surface area contributed by atoms with Crippen molar-refractivity contribution >= 4 is 28.9 Å². The molecule has 1 fully saturated rings. The van der Waals surface area contributed by atoms with E-state index in [1.165, 1.54) is 5.01 Å². The SMILES string of the molecule is Cc1cccc(N2N=C(C(=O)Nc3ccc4c(c3)OC3(CCCC3)O4)CCC2=O)c1. The number of amides is 2. The zero-order chi connectivity index (χ0) is 20.7. The van der Waals surface area contributed by atoms with Gasteiger partial charge in [-0.1, -0.05) is 12.1 Å². The van der Waals surface area contributed by atoms with Crippen LogP contribution in [0.2, 0.25) is 0 Å². The second-order valence-electron chi connectivity index (χ2n) is 8.03. The minimum Gasteiger partial charge on any atom is -0.448 e. The second-order valence-corrected chi connectivity index (χ2v) is 8.03. The Morgan fingerprint density at radius 2 is 1.87 bits per heavy atom. The van der Waals surface area contributed by atoms with Crippen molar-refractivity contribution in [1.82, 2.24) is 0 Å². The molecule has 0 bridgehead atoms. The van der Waals surface area contributed by atoms with E-state index < -0.39 is 5.79 Å². The monoisotopic (exact) mass is 405 g/mol. The van der Waals surface area contributed by atoms with Crippen molar-refractivity contribution in [2.45, 2.75) is 51.2 Å². The number of ether oxygens (including phenoxy) is 2. The molecule has 0 saturated heterocycles. The van der Waals surface area contributed by atoms with Crippen LogP contribution >= 0.6 is 0 Å². The van der Waals surface area contributed by atoms with Crippen molar-refractivity contribution in [2.24, 2.45) is 5.10 Å². The van der Waals surface area contributed by atoms with Crippen molar-refractivity contribution in [3.63, 3.8) is 0 Å². The first-order valence-electron chi connectivity index (χ1n) is 10.3. The number of fused-ring (bicyclic) bond motifs is 1. The van der Waals surface area contributed by atoms with Crippen LogP contribution in [0.15, 0.2) is 47.6 Å². The molecule has 5 rings (SSSR count). The molecule has 1 aliphatic carbocycles. The lowest BCUT2D eigenvalue weighted by atomic mass is 10.1. The van der Waals surface area contributed by atoms with Gasteiger partial charge in [0.05, 0.1) is 5.69 Å². The van der Waals surface area contributed by atoms with E-state index in [1.807, 2.05) is 37.3 Å². The molecule has 0 atom stereocenters. The Kier molecular flexibility index (Phi) is 4.46. The zero-order valence-electron chi connectivity index (χ0n) is 16.8. The molecule has 7 heteroatoms. The van der Waals surface area contributed by atoms with Crippen molar-refractivity contribution < 1.29 is 19.1 Å². The molecule has 3 aliphatic rings. The molecule has 1 saturated carbocycles. The molecule has 7 nitrogen and oxygen atoms in total. The lowest BCUT2D eigenvalue weighted by Crippen LogP contribution is -2.36. The van der Waals surface area contributed by atoms with Crippen molar-refractivity contribution in [3.8, 4) is 11.5 Å². The third kappa shape index (κ3) is 3.40. The summed E-state index contributed by atoms with van der Waals surface area (Å²) in [6.45, 7) is 1.95. The van der Waals surface area contributed by atoms with Gasteiger partial charge in [-0.25, -0.2) is 5.01 Å². The quantitative estimate of drug-likeness (QED) is 0.832. The van der Waals surface area contributed by atoms with Gasteiger partial charge in [-0.15, -0.1) is 0 Å². The van der Waals surface area contributed by atoms with Crippen LogP contribution in [-0.4, -0.2) is 23.3 Å². The van der Waals surface area contributed by atoms with Gasteiger partial charge < -0.3 is 14.8 Å². The Morgan fingerprint density at radius 3 is 2.67 bits per heavy atom. The van der Waals surface area contributed by atoms with E-state index in [0.717, 1.165) is 31.2 Å². The third-order valence-corrected chi connectivity index (χ3v) is 5.70. The van der Waals surface area contributed by atoms with Crippen LogP contribution in [0.5, 0.6) is 11.5 Å². The number of benzene rings is 2. The van der Waals surface area contributed by atoms with Crippen LogP contribution in [0.1, 0.15) is 44.1 Å². The second kappa shape index (κ2) is 7.16. The first-order valence-corrected chi connectivity index (χ1v) is 10.3. The Labute approximate surface area is 174 Å². The highest BCUT2D eigenvalue weighted by atomic mass is 16.7. The summed E-state index contributed by atoms with van der Waals surface area (Å²) >= 11 is 0. The molecule has 154 valence electrons. The molecule has 2 aliphatic heterocycles. The molecule has 0 unspecified atom stereocenters. The largest absolute Gasteiger partial charge is 0.448 e. The normalized spacial score (nSPS) is 19.2. The first kappa shape index (κ1) is 18.7. The summed E-state index contributed by atoms with van der Waals surface area (Å²) in [6, 6.07) is 12.9. The van der Waals surface area contributed by atoms with Gasteiger partial charge in [-0.05, 0) is 49.6 Å². The predicted molar refractivity (Wildman–Crippen MR) is 113 cm³/mol. The van der Waals surface area contributed by atoms with Gasteiger partial charge >= 0.3 is 0 Å². The van der Waals surface area contributed by atoms with Crippen LogP contribution in [-0.2, 0) is 9.59 Å². The molecule has 2 aromatic rings. The number of hydrogen-bond acceptors (Lipinski definition) is 5. The molecule has 0 aromatic heterocycles. The van der Waals surface area contributed by atoms with E-state index in [-0.39, 0.29) is 18.2 Å². The summed E-state index contributed by atoms with van der Waals surface area (Å²) in [5, 5.41) is 8.52. The van der Waals surface area contributed by atoms with Gasteiger partial charge in [0, 0.05) is 37.4 Å². The molecule has 2 amide bonds. The summed E-state index contributed by atoms with van der Waals surface area (Å²) < 4.78 is 12.1. The fourth-order valence-electron chi connectivity index (χ4n) is 4.17. The maximum atomic E-state index is 12.8. The fraction of sp³-hybridized carbons (Fsp3) is 0.348. The van der Waals surface area contributed by atoms with E-state index in [2.05, 4.69) is 10.4 Å². The van der Waals surface area contributed by atoms with Gasteiger partial charge in [-0.3, -0.25) is 9.59 Å². The van der Waals surface area contributed by atoms with Crippen LogP contribution in [0, 0.1) is 6.92 Å².